The largest absolute Gasteiger partial charge is 0.315 e. The van der Waals surface area contributed by atoms with E-state index in [1.165, 1.54) is 24.3 Å². The van der Waals surface area contributed by atoms with Crippen LogP contribution in [0.3, 0.4) is 0 Å². The highest BCUT2D eigenvalue weighted by Crippen LogP contribution is 2.24. The minimum absolute atomic E-state index is 0.0647. The normalized spacial score (nSPS) is 11.1. The van der Waals surface area contributed by atoms with Gasteiger partial charge in [-0.05, 0) is 12.5 Å². The first-order valence-corrected chi connectivity index (χ1v) is 9.09. The fraction of sp³-hybridized carbons (Fsp3) is 0.214. The summed E-state index contributed by atoms with van der Waals surface area (Å²) in [5, 5.41) is 12.6. The first kappa shape index (κ1) is 18.7. The molecule has 132 valence electrons. The number of para-hydroxylation sites is 2. The molecule has 0 radical (unpaired) electrons. The third-order valence-corrected chi connectivity index (χ3v) is 5.01. The quantitative estimate of drug-likeness (QED) is 0.459. The molecule has 0 aliphatic carbocycles. The van der Waals surface area contributed by atoms with E-state index >= 15 is 0 Å². The number of amides is 1. The number of nitrogens with one attached hydrogen (secondary N) is 1. The Morgan fingerprint density at radius 1 is 1.36 bits per heavy atom. The summed E-state index contributed by atoms with van der Waals surface area (Å²) in [6.45, 7) is 1.68. The standard InChI is InChI=1S/C14H13ClN4O5S/c1-2-7-25(23,24)14-16-8-9(15)12(18-14)13(20)17-10-5-3-4-6-11(10)19(21)22/h3-6,8H,2,7H2,1H3,(H,17,20). The summed E-state index contributed by atoms with van der Waals surface area (Å²) in [4.78, 5) is 30.0. The van der Waals surface area contributed by atoms with Crippen LogP contribution in [0.25, 0.3) is 0 Å². The molecule has 0 saturated heterocycles. The maximum absolute atomic E-state index is 12.3. The number of nitro benzene ring substituents is 1. The lowest BCUT2D eigenvalue weighted by Crippen LogP contribution is -2.19. The van der Waals surface area contributed by atoms with E-state index in [9.17, 15) is 23.3 Å². The average Bonchev–Trinajstić information content (AvgIpc) is 2.55. The van der Waals surface area contributed by atoms with Gasteiger partial charge in [-0.15, -0.1) is 0 Å². The van der Waals surface area contributed by atoms with Gasteiger partial charge in [-0.2, -0.15) is 0 Å². The lowest BCUT2D eigenvalue weighted by atomic mass is 10.2. The monoisotopic (exact) mass is 384 g/mol. The molecule has 1 amide bonds. The number of nitrogens with zero attached hydrogens (tertiary/aromatic N) is 3. The molecule has 0 bridgehead atoms. The predicted molar refractivity (Wildman–Crippen MR) is 90.4 cm³/mol. The van der Waals surface area contributed by atoms with Gasteiger partial charge >= 0.3 is 0 Å². The Balaban J connectivity index is 2.39. The van der Waals surface area contributed by atoms with Crippen LogP contribution in [0.2, 0.25) is 5.02 Å². The van der Waals surface area contributed by atoms with E-state index in [2.05, 4.69) is 15.3 Å². The molecule has 2 rings (SSSR count). The summed E-state index contributed by atoms with van der Waals surface area (Å²) in [5.41, 5.74) is -0.769. The summed E-state index contributed by atoms with van der Waals surface area (Å²) >= 11 is 5.87. The Kier molecular flexibility index (Phi) is 5.65. The van der Waals surface area contributed by atoms with Crippen LogP contribution >= 0.6 is 11.6 Å². The maximum Gasteiger partial charge on any atom is 0.292 e. The predicted octanol–water partition coefficient (Wildman–Crippen LogP) is 2.47. The van der Waals surface area contributed by atoms with Crippen molar-refractivity contribution < 1.29 is 18.1 Å². The van der Waals surface area contributed by atoms with E-state index in [0.717, 1.165) is 6.20 Å². The third-order valence-electron chi connectivity index (χ3n) is 3.04. The van der Waals surface area contributed by atoms with Crippen LogP contribution in [0.1, 0.15) is 23.8 Å². The van der Waals surface area contributed by atoms with Gasteiger partial charge in [0.05, 0.1) is 21.9 Å². The van der Waals surface area contributed by atoms with Crippen LogP contribution in [0.4, 0.5) is 11.4 Å². The van der Waals surface area contributed by atoms with Crippen molar-refractivity contribution in [3.63, 3.8) is 0 Å². The van der Waals surface area contributed by atoms with E-state index in [4.69, 9.17) is 11.6 Å². The second-order valence-corrected chi connectivity index (χ2v) is 7.31. The molecule has 1 heterocycles. The summed E-state index contributed by atoms with van der Waals surface area (Å²) < 4.78 is 24.1. The topological polar surface area (TPSA) is 132 Å². The number of nitro groups is 1. The molecular weight excluding hydrogens is 372 g/mol. The van der Waals surface area contributed by atoms with E-state index in [1.807, 2.05) is 0 Å². The molecule has 0 spiro atoms. The second-order valence-electron chi connectivity index (χ2n) is 4.90. The highest BCUT2D eigenvalue weighted by Gasteiger charge is 2.23. The second kappa shape index (κ2) is 7.53. The van der Waals surface area contributed by atoms with Gasteiger partial charge in [0.15, 0.2) is 5.69 Å². The molecule has 1 aromatic heterocycles. The first-order valence-electron chi connectivity index (χ1n) is 7.06. The molecule has 2 aromatic rings. The van der Waals surface area contributed by atoms with Crippen LogP contribution < -0.4 is 5.32 Å². The summed E-state index contributed by atoms with van der Waals surface area (Å²) in [6.07, 6.45) is 1.36. The number of rotatable bonds is 6. The van der Waals surface area contributed by atoms with E-state index in [1.54, 1.807) is 6.92 Å². The lowest BCUT2D eigenvalue weighted by molar-refractivity contribution is -0.383. The molecule has 25 heavy (non-hydrogen) atoms. The Morgan fingerprint density at radius 2 is 2.04 bits per heavy atom. The van der Waals surface area contributed by atoms with Gasteiger partial charge in [0.25, 0.3) is 11.6 Å². The smallest absolute Gasteiger partial charge is 0.292 e. The number of carbonyl (C=O) groups is 1. The Bertz CT molecular complexity index is 933. The van der Waals surface area contributed by atoms with Crippen molar-refractivity contribution in [2.75, 3.05) is 11.1 Å². The Labute approximate surface area is 148 Å². The van der Waals surface area contributed by atoms with Gasteiger partial charge in [0.1, 0.15) is 5.69 Å². The van der Waals surface area contributed by atoms with Gasteiger partial charge in [-0.3, -0.25) is 14.9 Å². The molecular formula is C14H13ClN4O5S. The average molecular weight is 385 g/mol. The van der Waals surface area contributed by atoms with E-state index < -0.39 is 25.8 Å². The Hall–Kier alpha value is -2.59. The fourth-order valence-electron chi connectivity index (χ4n) is 1.94. The summed E-state index contributed by atoms with van der Waals surface area (Å²) in [6, 6.07) is 5.50. The first-order chi connectivity index (χ1) is 11.8. The van der Waals surface area contributed by atoms with Crippen LogP contribution in [0.5, 0.6) is 0 Å². The summed E-state index contributed by atoms with van der Waals surface area (Å²) in [7, 11) is -3.75. The van der Waals surface area contributed by atoms with Crippen LogP contribution in [-0.4, -0.2) is 35.0 Å². The highest BCUT2D eigenvalue weighted by atomic mass is 35.5. The molecule has 0 saturated carbocycles. The number of hydrogen-bond acceptors (Lipinski definition) is 7. The van der Waals surface area contributed by atoms with Crippen molar-refractivity contribution in [3.8, 4) is 0 Å². The zero-order valence-electron chi connectivity index (χ0n) is 13.0. The number of aromatic nitrogens is 2. The number of benzene rings is 1. The molecule has 0 aliphatic heterocycles. The van der Waals surface area contributed by atoms with Crippen LogP contribution in [0, 0.1) is 10.1 Å². The molecule has 0 unspecified atom stereocenters. The van der Waals surface area contributed by atoms with Crippen molar-refractivity contribution in [2.24, 2.45) is 0 Å². The highest BCUT2D eigenvalue weighted by molar-refractivity contribution is 7.91. The van der Waals surface area contributed by atoms with Crippen LogP contribution in [-0.2, 0) is 9.84 Å². The van der Waals surface area contributed by atoms with Gasteiger partial charge in [-0.25, -0.2) is 18.4 Å². The minimum atomic E-state index is -3.75. The van der Waals surface area contributed by atoms with Crippen molar-refractivity contribution in [1.82, 2.24) is 9.97 Å². The molecule has 1 N–H and O–H groups in total. The molecule has 9 nitrogen and oxygen atoms in total. The molecule has 11 heteroatoms. The van der Waals surface area contributed by atoms with Crippen molar-refractivity contribution >= 4 is 38.7 Å². The molecule has 0 fully saturated rings. The molecule has 0 aliphatic rings. The third kappa shape index (κ3) is 4.28. The number of anilines is 1. The number of halogens is 1. The number of hydrogen-bond donors (Lipinski definition) is 1. The van der Waals surface area contributed by atoms with Gasteiger partial charge in [0.2, 0.25) is 15.0 Å². The number of sulfone groups is 1. The zero-order valence-corrected chi connectivity index (χ0v) is 14.5. The van der Waals surface area contributed by atoms with Crippen LogP contribution in [0.15, 0.2) is 35.6 Å². The molecule has 0 atom stereocenters. The van der Waals surface area contributed by atoms with E-state index in [-0.39, 0.29) is 27.8 Å². The lowest BCUT2D eigenvalue weighted by Gasteiger charge is -2.08. The van der Waals surface area contributed by atoms with Gasteiger partial charge in [-0.1, -0.05) is 30.7 Å². The number of carbonyl (C=O) groups excluding carboxylic acids is 1. The van der Waals surface area contributed by atoms with Crippen molar-refractivity contribution in [3.05, 3.63) is 51.3 Å². The van der Waals surface area contributed by atoms with Crippen molar-refractivity contribution in [1.29, 1.82) is 0 Å². The summed E-state index contributed by atoms with van der Waals surface area (Å²) in [5.74, 6) is -1.06. The van der Waals surface area contributed by atoms with Gasteiger partial charge in [0, 0.05) is 6.07 Å². The van der Waals surface area contributed by atoms with E-state index in [0.29, 0.717) is 6.42 Å². The maximum atomic E-state index is 12.3. The SMILES string of the molecule is CCCS(=O)(=O)c1ncc(Cl)c(C(=O)Nc2ccccc2[N+](=O)[O-])n1. The Morgan fingerprint density at radius 3 is 2.68 bits per heavy atom. The van der Waals surface area contributed by atoms with Gasteiger partial charge < -0.3 is 5.32 Å². The molecule has 1 aromatic carbocycles. The fourth-order valence-corrected chi connectivity index (χ4v) is 3.28. The minimum Gasteiger partial charge on any atom is -0.315 e. The van der Waals surface area contributed by atoms with Crippen molar-refractivity contribution in [2.45, 2.75) is 18.5 Å². The zero-order chi connectivity index (χ0) is 18.6.